The number of rotatable bonds is 11. The monoisotopic (exact) mass is 752 g/mol. The third-order valence-electron chi connectivity index (χ3n) is 10.9. The molecule has 10 atom stereocenters. The van der Waals surface area contributed by atoms with Gasteiger partial charge in [0.15, 0.2) is 17.8 Å². The second-order valence-corrected chi connectivity index (χ2v) is 15.0. The molecule has 0 aromatic heterocycles. The zero-order valence-corrected chi connectivity index (χ0v) is 31.7. The lowest BCUT2D eigenvalue weighted by molar-refractivity contribution is -0.362. The van der Waals surface area contributed by atoms with E-state index in [4.69, 9.17) is 33.2 Å². The van der Waals surface area contributed by atoms with Crippen molar-refractivity contribution in [1.82, 2.24) is 0 Å². The zero-order valence-electron chi connectivity index (χ0n) is 31.7. The summed E-state index contributed by atoms with van der Waals surface area (Å²) in [4.78, 5) is 81.0. The molecule has 1 aliphatic heterocycles. The summed E-state index contributed by atoms with van der Waals surface area (Å²) in [5.41, 5.74) is -8.11. The zero-order chi connectivity index (χ0) is 39.8. The average molecular weight is 753 g/mol. The van der Waals surface area contributed by atoms with E-state index < -0.39 is 113 Å². The first-order valence-corrected chi connectivity index (χ1v) is 18.0. The largest absolute Gasteiger partial charge is 0.464 e. The molecule has 1 N–H and O–H groups in total. The van der Waals surface area contributed by atoms with Gasteiger partial charge in [-0.25, -0.2) is 9.59 Å². The normalized spacial score (nSPS) is 32.5. The number of aliphatic hydroxyl groups is 1. The summed E-state index contributed by atoms with van der Waals surface area (Å²) < 4.78 is 43.7. The Morgan fingerprint density at radius 3 is 1.72 bits per heavy atom. The van der Waals surface area contributed by atoms with Crippen LogP contribution in [0.1, 0.15) is 88.9 Å². The SMILES string of the molecule is CCC(C)C(=O)OC[C@]12[C@H](OC(=O)c3ccccc3)[C@@H](OC(C)=O)[C@@H]3[C@@H](OC(C)=O)[C@]1(OC3(C)C)[C@@](C)(O)C[C@H](OC(C)=O)[C@@H]2OC(=O)c1ccccc1. The molecule has 14 nitrogen and oxygen atoms in total. The first-order valence-electron chi connectivity index (χ1n) is 18.0. The Hall–Kier alpha value is -4.82. The predicted molar refractivity (Wildman–Crippen MR) is 187 cm³/mol. The number of carbonyl (C=O) groups excluding carboxylic acids is 6. The van der Waals surface area contributed by atoms with Crippen molar-refractivity contribution in [3.8, 4) is 0 Å². The number of hydrogen-bond acceptors (Lipinski definition) is 14. The van der Waals surface area contributed by atoms with Crippen LogP contribution in [0.25, 0.3) is 0 Å². The molecule has 54 heavy (non-hydrogen) atoms. The molecule has 292 valence electrons. The molecule has 2 aliphatic carbocycles. The molecule has 1 unspecified atom stereocenters. The highest BCUT2D eigenvalue weighted by molar-refractivity contribution is 5.90. The van der Waals surface area contributed by atoms with Gasteiger partial charge in [0.25, 0.3) is 0 Å². The first kappa shape index (κ1) is 40.4. The van der Waals surface area contributed by atoms with Crippen molar-refractivity contribution in [3.63, 3.8) is 0 Å². The summed E-state index contributed by atoms with van der Waals surface area (Å²) in [6, 6.07) is 15.7. The van der Waals surface area contributed by atoms with Gasteiger partial charge in [0.05, 0.1) is 34.2 Å². The Kier molecular flexibility index (Phi) is 11.3. The van der Waals surface area contributed by atoms with Crippen LogP contribution in [-0.4, -0.2) is 94.9 Å². The third kappa shape index (κ3) is 6.97. The molecular weight excluding hydrogens is 704 g/mol. The fraction of sp³-hybridized carbons (Fsp3) is 0.550. The van der Waals surface area contributed by atoms with Gasteiger partial charge in [-0.15, -0.1) is 0 Å². The van der Waals surface area contributed by atoms with Crippen LogP contribution >= 0.6 is 0 Å². The lowest BCUT2D eigenvalue weighted by atomic mass is 9.45. The maximum Gasteiger partial charge on any atom is 0.338 e. The molecule has 2 bridgehead atoms. The summed E-state index contributed by atoms with van der Waals surface area (Å²) in [5.74, 6) is -6.84. The maximum absolute atomic E-state index is 14.2. The van der Waals surface area contributed by atoms with Crippen LogP contribution in [0.3, 0.4) is 0 Å². The van der Waals surface area contributed by atoms with Gasteiger partial charge in [-0.1, -0.05) is 50.2 Å². The fourth-order valence-electron chi connectivity index (χ4n) is 8.67. The van der Waals surface area contributed by atoms with Crippen molar-refractivity contribution >= 4 is 35.8 Å². The van der Waals surface area contributed by atoms with Crippen molar-refractivity contribution in [1.29, 1.82) is 0 Å². The van der Waals surface area contributed by atoms with E-state index in [-0.39, 0.29) is 11.1 Å². The third-order valence-corrected chi connectivity index (χ3v) is 10.9. The minimum atomic E-state index is -2.34. The molecule has 0 radical (unpaired) electrons. The Bertz CT molecular complexity index is 1760. The standard InChI is InChI=1S/C40H48O14/c1-9-22(2)34(44)48-21-39-31(52-35(45)26-16-12-10-13-17-26)28(49-23(3)41)20-38(8,47)40(39)32(51-25(5)43)29(37(6,7)54-40)30(50-24(4)42)33(39)53-36(46)27-18-14-11-15-19-27/h10-19,22,28-33,47H,9,20-21H2,1-8H3/t22?,28-,29+,30-,31-,32+,33+,38-,39-,40-/m0/s1. The van der Waals surface area contributed by atoms with Gasteiger partial charge in [-0.2, -0.15) is 0 Å². The minimum Gasteiger partial charge on any atom is -0.464 e. The Morgan fingerprint density at radius 2 is 1.24 bits per heavy atom. The smallest absolute Gasteiger partial charge is 0.338 e. The summed E-state index contributed by atoms with van der Waals surface area (Å²) in [7, 11) is 0. The number of hydrogen-bond donors (Lipinski definition) is 1. The van der Waals surface area contributed by atoms with Gasteiger partial charge in [0.2, 0.25) is 0 Å². The molecule has 3 aliphatic rings. The van der Waals surface area contributed by atoms with Gasteiger partial charge < -0.3 is 38.3 Å². The molecule has 2 aromatic carbocycles. The summed E-state index contributed by atoms with van der Waals surface area (Å²) in [6.07, 6.45) is -8.25. The molecule has 3 fully saturated rings. The van der Waals surface area contributed by atoms with Crippen LogP contribution in [0.15, 0.2) is 60.7 Å². The van der Waals surface area contributed by atoms with Crippen molar-refractivity contribution < 1.29 is 67.0 Å². The Morgan fingerprint density at radius 1 is 0.741 bits per heavy atom. The number of ether oxygens (including phenoxy) is 7. The molecular formula is C40H48O14. The van der Waals surface area contributed by atoms with Crippen LogP contribution in [0.4, 0.5) is 0 Å². The van der Waals surface area contributed by atoms with E-state index in [1.165, 1.54) is 31.2 Å². The average Bonchev–Trinajstić information content (AvgIpc) is 3.31. The highest BCUT2D eigenvalue weighted by atomic mass is 16.7. The predicted octanol–water partition coefficient (Wildman–Crippen LogP) is 4.14. The summed E-state index contributed by atoms with van der Waals surface area (Å²) in [5, 5.41) is 12.9. The van der Waals surface area contributed by atoms with Gasteiger partial charge in [-0.05, 0) is 51.5 Å². The van der Waals surface area contributed by atoms with Crippen molar-refractivity contribution in [2.24, 2.45) is 17.3 Å². The lowest BCUT2D eigenvalue weighted by Crippen LogP contribution is -2.85. The quantitative estimate of drug-likeness (QED) is 0.255. The fourth-order valence-corrected chi connectivity index (χ4v) is 8.67. The van der Waals surface area contributed by atoms with Crippen molar-refractivity contribution in [2.75, 3.05) is 6.61 Å². The molecule has 2 aromatic rings. The van der Waals surface area contributed by atoms with Crippen LogP contribution in [0, 0.1) is 17.3 Å². The van der Waals surface area contributed by atoms with E-state index in [9.17, 15) is 33.9 Å². The van der Waals surface area contributed by atoms with Gasteiger partial charge in [0, 0.05) is 27.2 Å². The molecule has 14 heteroatoms. The number of esters is 6. The van der Waals surface area contributed by atoms with E-state index in [0.717, 1.165) is 20.8 Å². The van der Waals surface area contributed by atoms with Crippen LogP contribution < -0.4 is 0 Å². The molecule has 2 saturated carbocycles. The van der Waals surface area contributed by atoms with Crippen LogP contribution in [0.2, 0.25) is 0 Å². The molecule has 5 rings (SSSR count). The highest BCUT2D eigenvalue weighted by Crippen LogP contribution is 2.69. The Balaban J connectivity index is 1.92. The second-order valence-electron chi connectivity index (χ2n) is 15.0. The van der Waals surface area contributed by atoms with Crippen molar-refractivity contribution in [2.45, 2.75) is 116 Å². The van der Waals surface area contributed by atoms with E-state index >= 15 is 0 Å². The van der Waals surface area contributed by atoms with E-state index in [1.54, 1.807) is 64.1 Å². The van der Waals surface area contributed by atoms with Crippen molar-refractivity contribution in [3.05, 3.63) is 71.8 Å². The second kappa shape index (κ2) is 15.1. The molecule has 1 spiro atoms. The summed E-state index contributed by atoms with van der Waals surface area (Å²) in [6.45, 7) is 10.6. The molecule has 0 amide bonds. The molecule has 1 saturated heterocycles. The van der Waals surface area contributed by atoms with E-state index in [0.29, 0.717) is 6.42 Å². The van der Waals surface area contributed by atoms with E-state index in [1.807, 2.05) is 0 Å². The lowest BCUT2D eigenvalue weighted by Gasteiger charge is -2.66. The molecule has 1 heterocycles. The summed E-state index contributed by atoms with van der Waals surface area (Å²) >= 11 is 0. The van der Waals surface area contributed by atoms with E-state index in [2.05, 4.69) is 0 Å². The number of benzene rings is 2. The minimum absolute atomic E-state index is 0.0736. The highest BCUT2D eigenvalue weighted by Gasteiger charge is 2.89. The van der Waals surface area contributed by atoms with Gasteiger partial charge in [0.1, 0.15) is 30.3 Å². The van der Waals surface area contributed by atoms with Gasteiger partial charge >= 0.3 is 35.8 Å². The maximum atomic E-state index is 14.2. The van der Waals surface area contributed by atoms with Crippen LogP contribution in [-0.2, 0) is 52.3 Å². The van der Waals surface area contributed by atoms with Gasteiger partial charge in [-0.3, -0.25) is 19.2 Å². The topological polar surface area (TPSA) is 187 Å². The Labute approximate surface area is 313 Å². The number of fused-ring (bicyclic) bond motifs is 1. The van der Waals surface area contributed by atoms with Crippen LogP contribution in [0.5, 0.6) is 0 Å². The first-order chi connectivity index (χ1) is 25.3. The number of carbonyl (C=O) groups is 6.